The predicted octanol–water partition coefficient (Wildman–Crippen LogP) is 2.19. The van der Waals surface area contributed by atoms with Crippen LogP contribution in [0.25, 0.3) is 0 Å². The van der Waals surface area contributed by atoms with Crippen LogP contribution >= 0.6 is 0 Å². The second-order valence-corrected chi connectivity index (χ2v) is 9.58. The first-order valence-corrected chi connectivity index (χ1v) is 11.5. The summed E-state index contributed by atoms with van der Waals surface area (Å²) in [6.45, 7) is 2.85. The number of carbonyl (C=O) groups is 1. The quantitative estimate of drug-likeness (QED) is 0.559. The zero-order chi connectivity index (χ0) is 20.6. The van der Waals surface area contributed by atoms with Crippen LogP contribution in [0, 0.1) is 11.3 Å². The highest BCUT2D eigenvalue weighted by Gasteiger charge is 2.29. The minimum absolute atomic E-state index is 0.0000977. The molecule has 2 amide bonds. The van der Waals surface area contributed by atoms with Crippen molar-refractivity contribution in [2.24, 2.45) is 5.92 Å². The Morgan fingerprint density at radius 2 is 1.86 bits per heavy atom. The third kappa shape index (κ3) is 3.83. The van der Waals surface area contributed by atoms with Gasteiger partial charge in [-0.2, -0.15) is 0 Å². The van der Waals surface area contributed by atoms with E-state index in [0.717, 1.165) is 55.3 Å². The Kier molecular flexibility index (Phi) is 5.24. The number of fused-ring (bicyclic) bond motifs is 2. The molecule has 0 radical (unpaired) electrons. The summed E-state index contributed by atoms with van der Waals surface area (Å²) in [5.41, 5.74) is 5.51. The van der Waals surface area contributed by atoms with Crippen LogP contribution in [-0.4, -0.2) is 33.8 Å². The number of aryl methyl sites for hydroxylation is 2. The van der Waals surface area contributed by atoms with Gasteiger partial charge in [-0.15, -0.1) is 0 Å². The number of benzene rings is 1. The van der Waals surface area contributed by atoms with Crippen molar-refractivity contribution in [3.05, 3.63) is 39.1 Å². The van der Waals surface area contributed by atoms with Gasteiger partial charge in [0.1, 0.15) is 0 Å². The number of ether oxygens (including phenoxy) is 1. The maximum atomic E-state index is 12.7. The molecule has 1 aliphatic heterocycles. The van der Waals surface area contributed by atoms with Gasteiger partial charge in [-0.05, 0) is 60.8 Å². The normalized spacial score (nSPS) is 22.0. The van der Waals surface area contributed by atoms with Crippen LogP contribution in [0.1, 0.15) is 42.0 Å². The Morgan fingerprint density at radius 1 is 1.21 bits per heavy atom. The third-order valence-corrected chi connectivity index (χ3v) is 7.04. The van der Waals surface area contributed by atoms with Crippen molar-refractivity contribution in [1.29, 1.82) is 5.41 Å². The van der Waals surface area contributed by atoms with Crippen molar-refractivity contribution in [3.8, 4) is 0 Å². The molecule has 9 heteroatoms. The lowest BCUT2D eigenvalue weighted by Crippen LogP contribution is -2.39. The zero-order valence-corrected chi connectivity index (χ0v) is 17.2. The van der Waals surface area contributed by atoms with Gasteiger partial charge >= 0.3 is 6.03 Å². The van der Waals surface area contributed by atoms with Gasteiger partial charge in [0.25, 0.3) is 10.0 Å². The number of nitrogens with one attached hydrogen (secondary N) is 4. The zero-order valence-electron chi connectivity index (χ0n) is 16.4. The van der Waals surface area contributed by atoms with E-state index in [9.17, 15) is 13.2 Å². The van der Waals surface area contributed by atoms with Crippen molar-refractivity contribution < 1.29 is 17.9 Å². The average Bonchev–Trinajstić information content (AvgIpc) is 3.32. The Hall–Kier alpha value is -2.55. The molecule has 3 aliphatic rings. The van der Waals surface area contributed by atoms with Gasteiger partial charge in [-0.1, -0.05) is 13.0 Å². The topological polar surface area (TPSA) is 120 Å². The number of amides is 2. The molecule has 0 bridgehead atoms. The van der Waals surface area contributed by atoms with Gasteiger partial charge in [-0.3, -0.25) is 0 Å². The number of hydrogen-bond acceptors (Lipinski definition) is 6. The average molecular weight is 419 g/mol. The molecular weight excluding hydrogens is 392 g/mol. The van der Waals surface area contributed by atoms with Crippen LogP contribution in [0.5, 0.6) is 0 Å². The molecule has 0 aromatic heterocycles. The van der Waals surface area contributed by atoms with Crippen molar-refractivity contribution in [3.63, 3.8) is 0 Å². The summed E-state index contributed by atoms with van der Waals surface area (Å²) in [4.78, 5) is 12.2. The first-order valence-electron chi connectivity index (χ1n) is 10.0. The second kappa shape index (κ2) is 7.70. The number of urea groups is 1. The van der Waals surface area contributed by atoms with Crippen molar-refractivity contribution >= 4 is 28.0 Å². The smallest absolute Gasteiger partial charge is 0.333 e. The van der Waals surface area contributed by atoms with Crippen LogP contribution in [0.3, 0.4) is 0 Å². The van der Waals surface area contributed by atoms with Crippen molar-refractivity contribution in [2.45, 2.75) is 45.4 Å². The molecule has 0 spiro atoms. The van der Waals surface area contributed by atoms with Crippen molar-refractivity contribution in [2.75, 3.05) is 18.5 Å². The molecule has 2 aliphatic carbocycles. The predicted molar refractivity (Wildman–Crippen MR) is 110 cm³/mol. The van der Waals surface area contributed by atoms with Gasteiger partial charge in [0.15, 0.2) is 4.91 Å². The minimum Gasteiger partial charge on any atom is -0.478 e. The molecule has 1 fully saturated rings. The lowest BCUT2D eigenvalue weighted by Gasteiger charge is -2.25. The summed E-state index contributed by atoms with van der Waals surface area (Å²) >= 11 is 0. The van der Waals surface area contributed by atoms with Gasteiger partial charge in [0, 0.05) is 24.4 Å². The van der Waals surface area contributed by atoms with E-state index in [0.29, 0.717) is 19.4 Å². The van der Waals surface area contributed by atoms with Crippen LogP contribution in [0.4, 0.5) is 10.5 Å². The lowest BCUT2D eigenvalue weighted by atomic mass is 9.99. The van der Waals surface area contributed by atoms with Crippen LogP contribution < -0.4 is 15.4 Å². The number of rotatable bonds is 4. The van der Waals surface area contributed by atoms with Gasteiger partial charge in [-0.25, -0.2) is 17.9 Å². The summed E-state index contributed by atoms with van der Waals surface area (Å²) < 4.78 is 32.9. The maximum absolute atomic E-state index is 12.7. The van der Waals surface area contributed by atoms with Crippen LogP contribution in [0.2, 0.25) is 0 Å². The maximum Gasteiger partial charge on any atom is 0.333 e. The van der Waals surface area contributed by atoms with Gasteiger partial charge < -0.3 is 20.8 Å². The monoisotopic (exact) mass is 418 g/mol. The van der Waals surface area contributed by atoms with Gasteiger partial charge in [0.2, 0.25) is 5.88 Å². The molecule has 1 saturated heterocycles. The van der Waals surface area contributed by atoms with E-state index in [1.807, 2.05) is 11.6 Å². The number of allylic oxidation sites excluding steroid dienone is 1. The first-order chi connectivity index (χ1) is 13.9. The van der Waals surface area contributed by atoms with E-state index in [2.05, 4.69) is 16.7 Å². The van der Waals surface area contributed by atoms with E-state index in [1.54, 1.807) is 0 Å². The number of hydrogen-bond donors (Lipinski definition) is 4. The Labute approximate surface area is 170 Å². The van der Waals surface area contributed by atoms with E-state index in [1.165, 1.54) is 11.1 Å². The highest BCUT2D eigenvalue weighted by molar-refractivity contribution is 7.94. The highest BCUT2D eigenvalue weighted by Crippen LogP contribution is 2.38. The van der Waals surface area contributed by atoms with Crippen molar-refractivity contribution in [1.82, 2.24) is 10.0 Å². The number of anilines is 1. The molecule has 4 N–H and O–H groups in total. The molecule has 29 heavy (non-hydrogen) atoms. The molecule has 1 heterocycles. The fourth-order valence-electron chi connectivity index (χ4n) is 4.31. The summed E-state index contributed by atoms with van der Waals surface area (Å²) in [6.07, 6.45) is 6.52. The van der Waals surface area contributed by atoms with E-state index >= 15 is 0 Å². The highest BCUT2D eigenvalue weighted by atomic mass is 32.2. The van der Waals surface area contributed by atoms with E-state index < -0.39 is 16.1 Å². The molecular formula is C20H26N4O4S. The van der Waals surface area contributed by atoms with Gasteiger partial charge in [0.05, 0.1) is 6.61 Å². The molecule has 8 nitrogen and oxygen atoms in total. The largest absolute Gasteiger partial charge is 0.478 e. The molecule has 0 unspecified atom stereocenters. The molecule has 1 atom stereocenters. The summed E-state index contributed by atoms with van der Waals surface area (Å²) in [7, 11) is -4.25. The summed E-state index contributed by atoms with van der Waals surface area (Å²) in [5.74, 6) is 0.229. The van der Waals surface area contributed by atoms with Crippen LogP contribution in [-0.2, 0) is 40.4 Å². The summed E-state index contributed by atoms with van der Waals surface area (Å²) in [6, 6.07) is 1.43. The van der Waals surface area contributed by atoms with E-state index in [4.69, 9.17) is 10.1 Å². The Balaban J connectivity index is 1.56. The fourth-order valence-corrected chi connectivity index (χ4v) is 5.24. The number of sulfonamides is 1. The van der Waals surface area contributed by atoms with E-state index in [-0.39, 0.29) is 16.7 Å². The standard InChI is InChI=1S/C20H26N4O4S/c1-12-10-22-19(28-11-12)17(9-21)29(26,27)24-20(25)23-18-15-6-2-4-13(15)8-14-5-3-7-16(14)18/h8-9,12,21-22H,2-7,10-11H2,1H3,(H2,23,24,25)/b19-17-,21-9?/t12-/m1/s1. The molecule has 4 rings (SSSR count). The fraction of sp³-hybridized carbons (Fsp3) is 0.500. The molecule has 1 aromatic rings. The van der Waals surface area contributed by atoms with Crippen LogP contribution in [0.15, 0.2) is 16.9 Å². The lowest BCUT2D eigenvalue weighted by molar-refractivity contribution is 0.117. The molecule has 1 aromatic carbocycles. The first kappa shape index (κ1) is 19.8. The Morgan fingerprint density at radius 3 is 2.41 bits per heavy atom. The second-order valence-electron chi connectivity index (χ2n) is 7.93. The number of carbonyl (C=O) groups excluding carboxylic acids is 1. The minimum atomic E-state index is -4.25. The SMILES string of the molecule is C[C@@H]1CN/C(=C(\C=N)S(=O)(=O)NC(=O)Nc2c3c(cc4c2CCC4)CCC3)OC1. The molecule has 156 valence electrons. The Bertz CT molecular complexity index is 958. The molecule has 0 saturated carbocycles. The third-order valence-electron chi connectivity index (χ3n) is 5.71. The summed E-state index contributed by atoms with van der Waals surface area (Å²) in [5, 5.41) is 13.2.